The van der Waals surface area contributed by atoms with E-state index in [1.54, 1.807) is 0 Å². The lowest BCUT2D eigenvalue weighted by atomic mass is 10.3. The highest BCUT2D eigenvalue weighted by molar-refractivity contribution is 5.10. The standard InChI is InChI=1S/C6H4F3NO/c7-5-1-4(11)3(2-10-5)6(8)9/h1-2,6H,(H,10,11). The highest BCUT2D eigenvalue weighted by Gasteiger charge is 2.11. The van der Waals surface area contributed by atoms with Gasteiger partial charge in [0.1, 0.15) is 0 Å². The van der Waals surface area contributed by atoms with Crippen molar-refractivity contribution in [3.05, 3.63) is 34.0 Å². The Balaban J connectivity index is 3.21. The van der Waals surface area contributed by atoms with Gasteiger partial charge < -0.3 is 4.98 Å². The molecule has 5 heteroatoms. The predicted molar refractivity (Wildman–Crippen MR) is 32.0 cm³/mol. The molecular weight excluding hydrogens is 159 g/mol. The van der Waals surface area contributed by atoms with Crippen molar-refractivity contribution < 1.29 is 13.2 Å². The molecule has 0 aliphatic heterocycles. The van der Waals surface area contributed by atoms with Crippen LogP contribution < -0.4 is 5.43 Å². The van der Waals surface area contributed by atoms with E-state index in [0.29, 0.717) is 12.3 Å². The molecule has 0 unspecified atom stereocenters. The Kier molecular flexibility index (Phi) is 1.98. The highest BCUT2D eigenvalue weighted by Crippen LogP contribution is 2.12. The Labute approximate surface area is 59.7 Å². The van der Waals surface area contributed by atoms with Gasteiger partial charge in [-0.2, -0.15) is 4.39 Å². The van der Waals surface area contributed by atoms with Gasteiger partial charge in [-0.05, 0) is 0 Å². The molecule has 1 heterocycles. The Morgan fingerprint density at radius 2 is 2.09 bits per heavy atom. The zero-order valence-corrected chi connectivity index (χ0v) is 5.27. The molecule has 0 saturated carbocycles. The average molecular weight is 163 g/mol. The summed E-state index contributed by atoms with van der Waals surface area (Å²) >= 11 is 0. The van der Waals surface area contributed by atoms with Gasteiger partial charge in [0.05, 0.1) is 5.56 Å². The smallest absolute Gasteiger partial charge is 0.269 e. The molecule has 1 aromatic heterocycles. The van der Waals surface area contributed by atoms with Crippen molar-refractivity contribution in [1.29, 1.82) is 0 Å². The molecule has 0 spiro atoms. The first kappa shape index (κ1) is 7.84. The average Bonchev–Trinajstić information content (AvgIpc) is 1.85. The minimum absolute atomic E-state index is 0.488. The molecule has 0 bridgehead atoms. The maximum absolute atomic E-state index is 12.1. The summed E-state index contributed by atoms with van der Waals surface area (Å²) in [5, 5.41) is 0. The van der Waals surface area contributed by atoms with Crippen molar-refractivity contribution >= 4 is 0 Å². The van der Waals surface area contributed by atoms with E-state index in [1.807, 2.05) is 4.98 Å². The van der Waals surface area contributed by atoms with E-state index in [-0.39, 0.29) is 0 Å². The largest absolute Gasteiger partial charge is 0.338 e. The van der Waals surface area contributed by atoms with E-state index >= 15 is 0 Å². The number of aromatic amines is 1. The predicted octanol–water partition coefficient (Wildman–Crippen LogP) is 1.45. The number of hydrogen-bond acceptors (Lipinski definition) is 1. The number of nitrogens with one attached hydrogen (secondary N) is 1. The molecule has 0 amide bonds. The number of halogens is 3. The van der Waals surface area contributed by atoms with Crippen LogP contribution in [-0.4, -0.2) is 4.98 Å². The van der Waals surface area contributed by atoms with Crippen molar-refractivity contribution in [1.82, 2.24) is 4.98 Å². The van der Waals surface area contributed by atoms with Crippen LogP contribution in [0.1, 0.15) is 12.0 Å². The molecule has 1 aromatic rings. The van der Waals surface area contributed by atoms with E-state index in [1.165, 1.54) is 0 Å². The second-order valence-electron chi connectivity index (χ2n) is 1.90. The van der Waals surface area contributed by atoms with Gasteiger partial charge in [0, 0.05) is 12.3 Å². The van der Waals surface area contributed by atoms with Gasteiger partial charge in [0.2, 0.25) is 0 Å². The topological polar surface area (TPSA) is 32.9 Å². The summed E-state index contributed by atoms with van der Waals surface area (Å²) in [5.41, 5.74) is -1.71. The van der Waals surface area contributed by atoms with Crippen LogP contribution in [0.4, 0.5) is 13.2 Å². The summed E-state index contributed by atoms with van der Waals surface area (Å²) in [7, 11) is 0. The van der Waals surface area contributed by atoms with Crippen LogP contribution in [0, 0.1) is 5.95 Å². The third kappa shape index (κ3) is 1.60. The lowest BCUT2D eigenvalue weighted by molar-refractivity contribution is 0.149. The number of rotatable bonds is 1. The van der Waals surface area contributed by atoms with E-state index in [0.717, 1.165) is 0 Å². The number of H-pyrrole nitrogens is 1. The Morgan fingerprint density at radius 3 is 2.55 bits per heavy atom. The van der Waals surface area contributed by atoms with Gasteiger partial charge in [-0.3, -0.25) is 4.79 Å². The van der Waals surface area contributed by atoms with E-state index in [4.69, 9.17) is 0 Å². The van der Waals surface area contributed by atoms with Crippen molar-refractivity contribution in [2.45, 2.75) is 6.43 Å². The second-order valence-corrected chi connectivity index (χ2v) is 1.90. The third-order valence-corrected chi connectivity index (χ3v) is 1.14. The van der Waals surface area contributed by atoms with Crippen LogP contribution in [0.2, 0.25) is 0 Å². The molecule has 0 saturated heterocycles. The van der Waals surface area contributed by atoms with Gasteiger partial charge >= 0.3 is 0 Å². The number of aromatic nitrogens is 1. The lowest BCUT2D eigenvalue weighted by Crippen LogP contribution is -2.09. The fourth-order valence-electron chi connectivity index (χ4n) is 0.628. The Hall–Kier alpha value is -1.26. The molecule has 0 fully saturated rings. The van der Waals surface area contributed by atoms with Gasteiger partial charge in [-0.1, -0.05) is 0 Å². The maximum atomic E-state index is 12.1. The minimum atomic E-state index is -2.86. The number of pyridine rings is 1. The van der Waals surface area contributed by atoms with E-state index < -0.39 is 23.4 Å². The molecule has 2 nitrogen and oxygen atoms in total. The molecule has 0 aliphatic rings. The van der Waals surface area contributed by atoms with Gasteiger partial charge in [0.15, 0.2) is 11.4 Å². The molecule has 60 valence electrons. The van der Waals surface area contributed by atoms with Crippen molar-refractivity contribution in [2.24, 2.45) is 0 Å². The summed E-state index contributed by atoms with van der Waals surface area (Å²) in [4.78, 5) is 12.4. The summed E-state index contributed by atoms with van der Waals surface area (Å²) in [6, 6.07) is 0.488. The van der Waals surface area contributed by atoms with Crippen molar-refractivity contribution in [2.75, 3.05) is 0 Å². The van der Waals surface area contributed by atoms with Crippen LogP contribution in [0.25, 0.3) is 0 Å². The first-order chi connectivity index (χ1) is 5.11. The summed E-state index contributed by atoms with van der Waals surface area (Å²) in [6.45, 7) is 0. The molecule has 11 heavy (non-hydrogen) atoms. The zero-order chi connectivity index (χ0) is 8.43. The molecule has 0 aromatic carbocycles. The summed E-state index contributed by atoms with van der Waals surface area (Å²) in [6.07, 6.45) is -2.19. The molecule has 1 N–H and O–H groups in total. The molecule has 0 radical (unpaired) electrons. The molecule has 0 aliphatic carbocycles. The van der Waals surface area contributed by atoms with Crippen LogP contribution in [0.15, 0.2) is 17.1 Å². The van der Waals surface area contributed by atoms with Crippen LogP contribution in [0.3, 0.4) is 0 Å². The monoisotopic (exact) mass is 163 g/mol. The SMILES string of the molecule is O=c1cc(F)[nH]cc1C(F)F. The van der Waals surface area contributed by atoms with Crippen molar-refractivity contribution in [3.63, 3.8) is 0 Å². The summed E-state index contributed by atoms with van der Waals surface area (Å²) < 4.78 is 35.7. The first-order valence-corrected chi connectivity index (χ1v) is 2.77. The lowest BCUT2D eigenvalue weighted by Gasteiger charge is -1.95. The van der Waals surface area contributed by atoms with Gasteiger partial charge in [-0.25, -0.2) is 8.78 Å². The minimum Gasteiger partial charge on any atom is -0.338 e. The Bertz CT molecular complexity index is 307. The van der Waals surface area contributed by atoms with E-state index in [9.17, 15) is 18.0 Å². The summed E-state index contributed by atoms with van der Waals surface area (Å²) in [5.74, 6) is -0.917. The first-order valence-electron chi connectivity index (χ1n) is 2.77. The zero-order valence-electron chi connectivity index (χ0n) is 5.27. The van der Waals surface area contributed by atoms with Crippen molar-refractivity contribution in [3.8, 4) is 0 Å². The molecule has 0 atom stereocenters. The maximum Gasteiger partial charge on any atom is 0.269 e. The van der Waals surface area contributed by atoms with Crippen LogP contribution in [0.5, 0.6) is 0 Å². The van der Waals surface area contributed by atoms with Crippen LogP contribution in [-0.2, 0) is 0 Å². The fourth-order valence-corrected chi connectivity index (χ4v) is 0.628. The Morgan fingerprint density at radius 1 is 1.45 bits per heavy atom. The quantitative estimate of drug-likeness (QED) is 0.624. The van der Waals surface area contributed by atoms with E-state index in [2.05, 4.69) is 0 Å². The van der Waals surface area contributed by atoms with Gasteiger partial charge in [-0.15, -0.1) is 0 Å². The third-order valence-electron chi connectivity index (χ3n) is 1.14. The normalized spacial score (nSPS) is 10.5. The van der Waals surface area contributed by atoms with Crippen LogP contribution >= 0.6 is 0 Å². The van der Waals surface area contributed by atoms with Gasteiger partial charge in [0.25, 0.3) is 6.43 Å². The number of hydrogen-bond donors (Lipinski definition) is 1. The fraction of sp³-hybridized carbons (Fsp3) is 0.167. The second kappa shape index (κ2) is 2.77. The molecule has 1 rings (SSSR count). The number of alkyl halides is 2. The highest BCUT2D eigenvalue weighted by atomic mass is 19.3. The molecular formula is C6H4F3NO.